The smallest absolute Gasteiger partial charge is 0.129 e. The number of aryl methyl sites for hydroxylation is 1. The van der Waals surface area contributed by atoms with Gasteiger partial charge in [-0.25, -0.2) is 4.98 Å². The molecule has 0 bridgehead atoms. The lowest BCUT2D eigenvalue weighted by Gasteiger charge is -2.39. The number of hydrogen-bond donors (Lipinski definition) is 1. The molecule has 1 aliphatic rings. The highest BCUT2D eigenvalue weighted by molar-refractivity contribution is 5.43. The lowest BCUT2D eigenvalue weighted by molar-refractivity contribution is 0.213. The molecule has 1 unspecified atom stereocenters. The van der Waals surface area contributed by atoms with E-state index in [0.29, 0.717) is 6.04 Å². The van der Waals surface area contributed by atoms with Crippen molar-refractivity contribution in [3.05, 3.63) is 23.4 Å². The van der Waals surface area contributed by atoms with Gasteiger partial charge in [-0.05, 0) is 38.1 Å². The molecule has 0 radical (unpaired) electrons. The monoisotopic (exact) mass is 249 g/mol. The number of aliphatic hydroxyl groups excluding tert-OH is 1. The lowest BCUT2D eigenvalue weighted by atomic mass is 10.1. The number of anilines is 1. The van der Waals surface area contributed by atoms with Crippen LogP contribution in [0.3, 0.4) is 0 Å². The van der Waals surface area contributed by atoms with Gasteiger partial charge >= 0.3 is 0 Å². The number of likely N-dealkylation sites (N-methyl/N-ethyl adjacent to an activating group) is 1. The van der Waals surface area contributed by atoms with Crippen molar-refractivity contribution >= 4 is 5.82 Å². The molecule has 1 saturated heterocycles. The number of hydrogen-bond acceptors (Lipinski definition) is 4. The van der Waals surface area contributed by atoms with Crippen LogP contribution in [0.1, 0.15) is 24.6 Å². The first-order chi connectivity index (χ1) is 8.63. The van der Waals surface area contributed by atoms with Gasteiger partial charge in [0.2, 0.25) is 0 Å². The third-order valence-electron chi connectivity index (χ3n) is 3.75. The van der Waals surface area contributed by atoms with Crippen LogP contribution in [0.4, 0.5) is 5.82 Å². The van der Waals surface area contributed by atoms with E-state index in [2.05, 4.69) is 28.8 Å². The van der Waals surface area contributed by atoms with Gasteiger partial charge in [0, 0.05) is 31.4 Å². The van der Waals surface area contributed by atoms with Crippen molar-refractivity contribution in [2.24, 2.45) is 0 Å². The zero-order valence-electron chi connectivity index (χ0n) is 11.6. The van der Waals surface area contributed by atoms with Gasteiger partial charge in [-0.2, -0.15) is 0 Å². The molecular weight excluding hydrogens is 226 g/mol. The summed E-state index contributed by atoms with van der Waals surface area (Å²) in [4.78, 5) is 9.35. The Labute approximate surface area is 109 Å². The molecule has 0 aromatic carbocycles. The Bertz CT molecular complexity index is 408. The van der Waals surface area contributed by atoms with E-state index in [0.717, 1.165) is 43.1 Å². The van der Waals surface area contributed by atoms with Crippen LogP contribution >= 0.6 is 0 Å². The Hall–Kier alpha value is -1.13. The first kappa shape index (κ1) is 13.3. The molecule has 1 fully saturated rings. The molecule has 1 atom stereocenters. The molecule has 1 aromatic heterocycles. The van der Waals surface area contributed by atoms with E-state index in [9.17, 15) is 5.11 Å². The molecule has 1 aliphatic heterocycles. The van der Waals surface area contributed by atoms with Gasteiger partial charge in [-0.15, -0.1) is 0 Å². The number of piperazine rings is 1. The Morgan fingerprint density at radius 3 is 2.83 bits per heavy atom. The predicted molar refractivity (Wildman–Crippen MR) is 73.8 cm³/mol. The van der Waals surface area contributed by atoms with E-state index >= 15 is 0 Å². The number of nitrogens with zero attached hydrogens (tertiary/aromatic N) is 3. The second-order valence-electron chi connectivity index (χ2n) is 5.12. The van der Waals surface area contributed by atoms with Gasteiger partial charge < -0.3 is 10.0 Å². The summed E-state index contributed by atoms with van der Waals surface area (Å²) in [6.45, 7) is 7.40. The van der Waals surface area contributed by atoms with Crippen LogP contribution < -0.4 is 4.90 Å². The Kier molecular flexibility index (Phi) is 4.19. The van der Waals surface area contributed by atoms with Crippen LogP contribution in [0.25, 0.3) is 0 Å². The van der Waals surface area contributed by atoms with Gasteiger partial charge in [0.25, 0.3) is 0 Å². The number of pyridine rings is 1. The van der Waals surface area contributed by atoms with E-state index in [1.165, 1.54) is 0 Å². The van der Waals surface area contributed by atoms with E-state index in [1.54, 1.807) is 0 Å². The summed E-state index contributed by atoms with van der Waals surface area (Å²) < 4.78 is 0. The van der Waals surface area contributed by atoms with Gasteiger partial charge in [-0.1, -0.05) is 6.92 Å². The normalized spacial score (nSPS) is 21.3. The lowest BCUT2D eigenvalue weighted by Crippen LogP contribution is -2.51. The highest BCUT2D eigenvalue weighted by Crippen LogP contribution is 2.20. The zero-order valence-corrected chi connectivity index (χ0v) is 11.6. The van der Waals surface area contributed by atoms with Gasteiger partial charge in [0.15, 0.2) is 0 Å². The van der Waals surface area contributed by atoms with Crippen LogP contribution in [-0.4, -0.2) is 47.7 Å². The minimum atomic E-state index is 0.0846. The second-order valence-corrected chi connectivity index (χ2v) is 5.12. The predicted octanol–water partition coefficient (Wildman–Crippen LogP) is 1.41. The number of aromatic nitrogens is 1. The van der Waals surface area contributed by atoms with Crippen molar-refractivity contribution < 1.29 is 5.11 Å². The Morgan fingerprint density at radius 1 is 1.39 bits per heavy atom. The standard InChI is InChI=1S/C14H23N3O/c1-4-13-9-17(6-5-16(13)3)14-8-12(10-18)7-11(2)15-14/h7-8,13,18H,4-6,9-10H2,1-3H3. The van der Waals surface area contributed by atoms with E-state index in [4.69, 9.17) is 0 Å². The fourth-order valence-corrected chi connectivity index (χ4v) is 2.57. The average molecular weight is 249 g/mol. The van der Waals surface area contributed by atoms with Crippen LogP contribution in [-0.2, 0) is 6.61 Å². The number of aliphatic hydroxyl groups is 1. The zero-order chi connectivity index (χ0) is 13.1. The minimum Gasteiger partial charge on any atom is -0.392 e. The van der Waals surface area contributed by atoms with Crippen molar-refractivity contribution in [2.45, 2.75) is 32.9 Å². The molecule has 4 nitrogen and oxygen atoms in total. The fraction of sp³-hybridized carbons (Fsp3) is 0.643. The maximum absolute atomic E-state index is 9.27. The summed E-state index contributed by atoms with van der Waals surface area (Å²) >= 11 is 0. The molecule has 1 aromatic rings. The molecule has 0 spiro atoms. The van der Waals surface area contributed by atoms with Crippen LogP contribution in [0.15, 0.2) is 12.1 Å². The molecule has 0 saturated carbocycles. The quantitative estimate of drug-likeness (QED) is 0.879. The van der Waals surface area contributed by atoms with Crippen molar-refractivity contribution in [3.63, 3.8) is 0 Å². The van der Waals surface area contributed by atoms with Crippen LogP contribution in [0.5, 0.6) is 0 Å². The summed E-state index contributed by atoms with van der Waals surface area (Å²) in [6.07, 6.45) is 1.16. The Balaban J connectivity index is 2.18. The van der Waals surface area contributed by atoms with Gasteiger partial charge in [-0.3, -0.25) is 4.90 Å². The van der Waals surface area contributed by atoms with Crippen molar-refractivity contribution in [2.75, 3.05) is 31.6 Å². The minimum absolute atomic E-state index is 0.0846. The first-order valence-electron chi connectivity index (χ1n) is 6.67. The SMILES string of the molecule is CCC1CN(c2cc(CO)cc(C)n2)CCN1C. The molecule has 18 heavy (non-hydrogen) atoms. The summed E-state index contributed by atoms with van der Waals surface area (Å²) in [5, 5.41) is 9.27. The maximum Gasteiger partial charge on any atom is 0.129 e. The van der Waals surface area contributed by atoms with Crippen LogP contribution in [0, 0.1) is 6.92 Å². The Morgan fingerprint density at radius 2 is 2.17 bits per heavy atom. The molecule has 0 aliphatic carbocycles. The molecule has 100 valence electrons. The largest absolute Gasteiger partial charge is 0.392 e. The third-order valence-corrected chi connectivity index (χ3v) is 3.75. The van der Waals surface area contributed by atoms with E-state index < -0.39 is 0 Å². The van der Waals surface area contributed by atoms with Gasteiger partial charge in [0.1, 0.15) is 5.82 Å². The molecule has 2 rings (SSSR count). The molecule has 0 amide bonds. The summed E-state index contributed by atoms with van der Waals surface area (Å²) in [5.74, 6) is 1.01. The van der Waals surface area contributed by atoms with Crippen molar-refractivity contribution in [1.82, 2.24) is 9.88 Å². The molecule has 1 N–H and O–H groups in total. The first-order valence-corrected chi connectivity index (χ1v) is 6.67. The van der Waals surface area contributed by atoms with E-state index in [-0.39, 0.29) is 6.61 Å². The highest BCUT2D eigenvalue weighted by Gasteiger charge is 2.23. The van der Waals surface area contributed by atoms with Crippen molar-refractivity contribution in [3.8, 4) is 0 Å². The second kappa shape index (κ2) is 5.67. The maximum atomic E-state index is 9.27. The fourth-order valence-electron chi connectivity index (χ4n) is 2.57. The summed E-state index contributed by atoms with van der Waals surface area (Å²) in [6, 6.07) is 4.54. The number of rotatable bonds is 3. The van der Waals surface area contributed by atoms with E-state index in [1.807, 2.05) is 19.1 Å². The van der Waals surface area contributed by atoms with Crippen LogP contribution in [0.2, 0.25) is 0 Å². The summed E-state index contributed by atoms with van der Waals surface area (Å²) in [5.41, 5.74) is 1.92. The van der Waals surface area contributed by atoms with Crippen molar-refractivity contribution in [1.29, 1.82) is 0 Å². The highest BCUT2D eigenvalue weighted by atomic mass is 16.3. The van der Waals surface area contributed by atoms with Gasteiger partial charge in [0.05, 0.1) is 6.61 Å². The average Bonchev–Trinajstić information content (AvgIpc) is 2.38. The molecular formula is C14H23N3O. The third kappa shape index (κ3) is 2.82. The molecule has 4 heteroatoms. The topological polar surface area (TPSA) is 39.6 Å². The molecule has 2 heterocycles. The summed E-state index contributed by atoms with van der Waals surface area (Å²) in [7, 11) is 2.19.